The molecule has 12 heteroatoms. The van der Waals surface area contributed by atoms with Crippen LogP contribution in [-0.4, -0.2) is 60.3 Å². The molecule has 2 aliphatic rings. The van der Waals surface area contributed by atoms with Crippen LogP contribution in [0.15, 0.2) is 122 Å². The molecule has 0 aromatic heterocycles. The second kappa shape index (κ2) is 14.2. The number of ether oxygens (including phenoxy) is 3. The number of hydrogen-bond donors (Lipinski definition) is 0. The van der Waals surface area contributed by atoms with Gasteiger partial charge in [0.05, 0.1) is 37.2 Å². The van der Waals surface area contributed by atoms with Crippen molar-refractivity contribution in [3.63, 3.8) is 0 Å². The summed E-state index contributed by atoms with van der Waals surface area (Å²) in [6, 6.07) is 26.6. The Bertz CT molecular complexity index is 2270. The van der Waals surface area contributed by atoms with Crippen molar-refractivity contribution in [2.75, 3.05) is 27.4 Å². The number of sulfonamides is 2. The minimum Gasteiger partial charge on any atom is -0.497 e. The van der Waals surface area contributed by atoms with Crippen molar-refractivity contribution in [3.8, 4) is 11.5 Å². The van der Waals surface area contributed by atoms with E-state index in [1.165, 1.54) is 31.4 Å². The van der Waals surface area contributed by atoms with Crippen LogP contribution in [0.3, 0.4) is 0 Å². The van der Waals surface area contributed by atoms with Crippen LogP contribution in [-0.2, 0) is 29.6 Å². The zero-order valence-electron chi connectivity index (χ0n) is 28.9. The predicted octanol–water partition coefficient (Wildman–Crippen LogP) is 6.60. The van der Waals surface area contributed by atoms with E-state index in [1.807, 2.05) is 38.1 Å². The molecule has 51 heavy (non-hydrogen) atoms. The minimum atomic E-state index is -4.56. The molecular weight excluding hydrogens is 689 g/mol. The number of nitrogens with zero attached hydrogens (tertiary/aromatic N) is 2. The maximum Gasteiger partial charge on any atom is 0.321 e. The number of allylic oxidation sites excluding steroid dienone is 1. The number of rotatable bonds is 10. The number of carbonyl (C=O) groups is 1. The number of amidine groups is 1. The smallest absolute Gasteiger partial charge is 0.321 e. The van der Waals surface area contributed by atoms with Crippen LogP contribution in [0.2, 0.25) is 0 Å². The van der Waals surface area contributed by atoms with Gasteiger partial charge in [0.25, 0.3) is 20.0 Å². The fourth-order valence-electron chi connectivity index (χ4n) is 6.24. The lowest BCUT2D eigenvalue weighted by molar-refractivity contribution is -0.144. The standard InChI is InChI=1S/C39H38N2O8S2/c1-6-49-39(42)37-36(28-13-17-30(48-5)18-14-28)34-23-33(27-11-15-29(47-4)16-12-27)35(34)24-41(51(45,46)32-21-9-26(3)10-22-32)38(37)40-50(43,44)31-19-7-25(2)8-20-31/h7-22,37H,6,23-24H2,1-5H3/b40-38+/t37-/m1/s1. The minimum absolute atomic E-state index is 0.0386. The molecule has 6 rings (SSSR count). The van der Waals surface area contributed by atoms with Crippen molar-refractivity contribution in [2.45, 2.75) is 37.0 Å². The number of hydrogen-bond acceptors (Lipinski definition) is 8. The number of esters is 1. The van der Waals surface area contributed by atoms with Crippen LogP contribution >= 0.6 is 0 Å². The summed E-state index contributed by atoms with van der Waals surface area (Å²) < 4.78 is 79.5. The molecule has 0 radical (unpaired) electrons. The molecule has 0 N–H and O–H groups in total. The van der Waals surface area contributed by atoms with Gasteiger partial charge in [0.1, 0.15) is 17.4 Å². The van der Waals surface area contributed by atoms with Gasteiger partial charge in [0.2, 0.25) is 0 Å². The van der Waals surface area contributed by atoms with Gasteiger partial charge in [-0.25, -0.2) is 12.7 Å². The monoisotopic (exact) mass is 726 g/mol. The molecule has 0 saturated carbocycles. The Morgan fingerprint density at radius 3 is 1.73 bits per heavy atom. The number of fused-ring (bicyclic) bond motifs is 1. The summed E-state index contributed by atoms with van der Waals surface area (Å²) in [5.41, 5.74) is 5.63. The molecule has 0 fully saturated rings. The molecule has 0 saturated heterocycles. The van der Waals surface area contributed by atoms with Gasteiger partial charge in [-0.2, -0.15) is 8.42 Å². The van der Waals surface area contributed by atoms with Crippen LogP contribution in [0.1, 0.15) is 35.6 Å². The van der Waals surface area contributed by atoms with Crippen LogP contribution in [0.5, 0.6) is 11.5 Å². The Labute approximate surface area is 298 Å². The fraction of sp³-hybridized carbons (Fsp3) is 0.231. The molecule has 0 unspecified atom stereocenters. The first-order chi connectivity index (χ1) is 24.4. The zero-order chi connectivity index (χ0) is 36.5. The molecule has 0 bridgehead atoms. The summed E-state index contributed by atoms with van der Waals surface area (Å²) in [6.45, 7) is 4.95. The Kier molecular flexibility index (Phi) is 9.92. The van der Waals surface area contributed by atoms with Crippen LogP contribution < -0.4 is 9.47 Å². The molecule has 1 aliphatic carbocycles. The average Bonchev–Trinajstić information content (AvgIpc) is 3.21. The summed E-state index contributed by atoms with van der Waals surface area (Å²) >= 11 is 0. The molecule has 4 aromatic rings. The lowest BCUT2D eigenvalue weighted by Gasteiger charge is -2.31. The SMILES string of the molecule is CCOC(=O)[C@@H]1C(c2ccc(OC)cc2)=C2CC(c3ccc(OC)cc3)=C2CN(S(=O)(=O)c2ccc(C)cc2)/C1=N/S(=O)(=O)c1ccc(C)cc1. The van der Waals surface area contributed by atoms with Crippen LogP contribution in [0.25, 0.3) is 11.1 Å². The largest absolute Gasteiger partial charge is 0.497 e. The van der Waals surface area contributed by atoms with Crippen molar-refractivity contribution < 1.29 is 35.8 Å². The Morgan fingerprint density at radius 1 is 0.706 bits per heavy atom. The fourth-order valence-corrected chi connectivity index (χ4v) is 8.76. The second-order valence-corrected chi connectivity index (χ2v) is 15.7. The number of methoxy groups -OCH3 is 2. The third-order valence-corrected chi connectivity index (χ3v) is 12.1. The highest BCUT2D eigenvalue weighted by molar-refractivity contribution is 7.91. The molecule has 4 aromatic carbocycles. The Hall–Kier alpha value is -5.20. The zero-order valence-corrected chi connectivity index (χ0v) is 30.5. The summed E-state index contributed by atoms with van der Waals surface area (Å²) in [7, 11) is -5.97. The second-order valence-electron chi connectivity index (χ2n) is 12.2. The van der Waals surface area contributed by atoms with Gasteiger partial charge in [0.15, 0.2) is 5.84 Å². The molecule has 264 valence electrons. The van der Waals surface area contributed by atoms with Crippen LogP contribution in [0.4, 0.5) is 0 Å². The molecule has 1 aliphatic heterocycles. The van der Waals surface area contributed by atoms with Gasteiger partial charge < -0.3 is 14.2 Å². The summed E-state index contributed by atoms with van der Waals surface area (Å²) in [4.78, 5) is 14.0. The Morgan fingerprint density at radius 2 is 1.22 bits per heavy atom. The summed E-state index contributed by atoms with van der Waals surface area (Å²) in [6.07, 6.45) is 0.370. The average molecular weight is 727 g/mol. The highest BCUT2D eigenvalue weighted by Gasteiger charge is 2.47. The number of benzene rings is 4. The van der Waals surface area contributed by atoms with E-state index < -0.39 is 37.8 Å². The van der Waals surface area contributed by atoms with E-state index in [1.54, 1.807) is 62.6 Å². The first kappa shape index (κ1) is 35.6. The first-order valence-electron chi connectivity index (χ1n) is 16.3. The summed E-state index contributed by atoms with van der Waals surface area (Å²) in [5.74, 6) is -1.64. The van der Waals surface area contributed by atoms with Crippen LogP contribution in [0, 0.1) is 19.8 Å². The number of aryl methyl sites for hydroxylation is 2. The first-order valence-corrected chi connectivity index (χ1v) is 19.2. The molecule has 1 atom stereocenters. The van der Waals surface area contributed by atoms with E-state index in [-0.39, 0.29) is 22.9 Å². The quantitative estimate of drug-likeness (QED) is 0.167. The van der Waals surface area contributed by atoms with Crippen molar-refractivity contribution >= 4 is 43.0 Å². The van der Waals surface area contributed by atoms with Gasteiger partial charge in [-0.1, -0.05) is 59.7 Å². The lowest BCUT2D eigenvalue weighted by atomic mass is 9.73. The highest BCUT2D eigenvalue weighted by atomic mass is 32.2. The van der Waals surface area contributed by atoms with E-state index in [2.05, 4.69) is 4.40 Å². The van der Waals surface area contributed by atoms with E-state index in [9.17, 15) is 21.6 Å². The third-order valence-electron chi connectivity index (χ3n) is 9.01. The van der Waals surface area contributed by atoms with Gasteiger partial charge in [-0.3, -0.25) is 4.79 Å². The molecule has 10 nitrogen and oxygen atoms in total. The van der Waals surface area contributed by atoms with E-state index in [0.717, 1.165) is 26.6 Å². The molecule has 1 heterocycles. The normalized spacial score (nSPS) is 17.1. The lowest BCUT2D eigenvalue weighted by Crippen LogP contribution is -2.44. The molecule has 0 spiro atoms. The predicted molar refractivity (Wildman–Crippen MR) is 195 cm³/mol. The topological polar surface area (TPSA) is 129 Å². The molecule has 0 amide bonds. The van der Waals surface area contributed by atoms with Crippen molar-refractivity contribution in [1.29, 1.82) is 0 Å². The van der Waals surface area contributed by atoms with Gasteiger partial charge in [-0.15, -0.1) is 4.40 Å². The van der Waals surface area contributed by atoms with Gasteiger partial charge >= 0.3 is 5.97 Å². The third kappa shape index (κ3) is 6.93. The van der Waals surface area contributed by atoms with Gasteiger partial charge in [0, 0.05) is 0 Å². The van der Waals surface area contributed by atoms with E-state index in [0.29, 0.717) is 40.2 Å². The van der Waals surface area contributed by atoms with Crippen molar-refractivity contribution in [1.82, 2.24) is 4.31 Å². The Balaban J connectivity index is 1.70. The van der Waals surface area contributed by atoms with Crippen molar-refractivity contribution in [2.24, 2.45) is 10.3 Å². The number of carbonyl (C=O) groups excluding carboxylic acids is 1. The molecular formula is C39H38N2O8S2. The van der Waals surface area contributed by atoms with E-state index in [4.69, 9.17) is 14.2 Å². The van der Waals surface area contributed by atoms with Gasteiger partial charge in [-0.05, 0) is 109 Å². The van der Waals surface area contributed by atoms with Crippen molar-refractivity contribution in [3.05, 3.63) is 130 Å². The maximum absolute atomic E-state index is 14.8. The van der Waals surface area contributed by atoms with E-state index >= 15 is 0 Å². The summed E-state index contributed by atoms with van der Waals surface area (Å²) in [5, 5.41) is 0. The highest BCUT2D eigenvalue weighted by Crippen LogP contribution is 2.50. The maximum atomic E-state index is 14.8.